The number of hydrogen-bond acceptors (Lipinski definition) is 4. The first-order valence-electron chi connectivity index (χ1n) is 12.5. The smallest absolute Gasteiger partial charge is 0.245 e. The molecule has 34 heavy (non-hydrogen) atoms. The molecule has 1 aromatic carbocycles. The molecule has 0 aliphatic carbocycles. The lowest BCUT2D eigenvalue weighted by molar-refractivity contribution is -0.149. The van der Waals surface area contributed by atoms with E-state index in [4.69, 9.17) is 0 Å². The lowest BCUT2D eigenvalue weighted by Crippen LogP contribution is -2.55. The molecule has 2 fully saturated rings. The Morgan fingerprint density at radius 3 is 2.24 bits per heavy atom. The van der Waals surface area contributed by atoms with Crippen LogP contribution in [0.25, 0.3) is 5.57 Å². The summed E-state index contributed by atoms with van der Waals surface area (Å²) in [5.41, 5.74) is 2.69. The van der Waals surface area contributed by atoms with Crippen LogP contribution >= 0.6 is 0 Å². The molecule has 0 saturated carbocycles. The topological polar surface area (TPSA) is 60.9 Å². The van der Waals surface area contributed by atoms with Crippen LogP contribution in [0.2, 0.25) is 0 Å². The van der Waals surface area contributed by atoms with E-state index in [0.717, 1.165) is 30.6 Å². The zero-order chi connectivity index (χ0) is 25.0. The van der Waals surface area contributed by atoms with Crippen molar-refractivity contribution in [1.82, 2.24) is 14.7 Å². The number of allylic oxidation sites excluding steroid dienone is 2. The van der Waals surface area contributed by atoms with Crippen molar-refractivity contribution in [2.24, 2.45) is 11.3 Å². The molecule has 0 radical (unpaired) electrons. The van der Waals surface area contributed by atoms with Crippen LogP contribution in [0.1, 0.15) is 58.1 Å². The summed E-state index contributed by atoms with van der Waals surface area (Å²) in [6.45, 7) is 13.7. The zero-order valence-corrected chi connectivity index (χ0v) is 21.8. The summed E-state index contributed by atoms with van der Waals surface area (Å²) in [5, 5.41) is 0. The van der Waals surface area contributed by atoms with Gasteiger partial charge in [-0.1, -0.05) is 50.6 Å². The molecule has 6 heteroatoms. The molecule has 2 heterocycles. The molecule has 0 bridgehead atoms. The first kappa shape index (κ1) is 26.1. The number of likely N-dealkylation sites (N-methyl/N-ethyl adjacent to an activating group) is 1. The Hall–Kier alpha value is -2.47. The Balaban J connectivity index is 1.73. The van der Waals surface area contributed by atoms with Crippen molar-refractivity contribution in [3.63, 3.8) is 0 Å². The fraction of sp³-hybridized carbons (Fsp3) is 0.607. The first-order chi connectivity index (χ1) is 16.0. The van der Waals surface area contributed by atoms with Gasteiger partial charge in [0.1, 0.15) is 6.04 Å². The van der Waals surface area contributed by atoms with Crippen molar-refractivity contribution in [1.29, 1.82) is 0 Å². The largest absolute Gasteiger partial charge is 0.338 e. The van der Waals surface area contributed by atoms with Gasteiger partial charge < -0.3 is 14.7 Å². The van der Waals surface area contributed by atoms with Gasteiger partial charge >= 0.3 is 0 Å². The van der Waals surface area contributed by atoms with Crippen LogP contribution in [0.3, 0.4) is 0 Å². The highest BCUT2D eigenvalue weighted by molar-refractivity contribution is 5.99. The minimum Gasteiger partial charge on any atom is -0.338 e. The van der Waals surface area contributed by atoms with Crippen molar-refractivity contribution < 1.29 is 14.4 Å². The highest BCUT2D eigenvalue weighted by Crippen LogP contribution is 2.34. The maximum Gasteiger partial charge on any atom is 0.245 e. The van der Waals surface area contributed by atoms with Crippen molar-refractivity contribution in [3.8, 4) is 0 Å². The van der Waals surface area contributed by atoms with E-state index in [0.29, 0.717) is 26.1 Å². The van der Waals surface area contributed by atoms with Gasteiger partial charge in [-0.15, -0.1) is 0 Å². The summed E-state index contributed by atoms with van der Waals surface area (Å²) in [6.07, 6.45) is 3.34. The number of amides is 2. The molecule has 1 aromatic rings. The summed E-state index contributed by atoms with van der Waals surface area (Å²) < 4.78 is 0. The van der Waals surface area contributed by atoms with Gasteiger partial charge in [0.15, 0.2) is 5.78 Å². The molecule has 2 atom stereocenters. The van der Waals surface area contributed by atoms with E-state index in [1.807, 2.05) is 63.8 Å². The number of nitrogens with zero attached hydrogens (tertiary/aromatic N) is 3. The van der Waals surface area contributed by atoms with Gasteiger partial charge in [-0.05, 0) is 56.4 Å². The average Bonchev–Trinajstić information content (AvgIpc) is 3.26. The molecule has 0 aromatic heterocycles. The standard InChI is InChI=1S/C28H41N3O3/c1-20-9-11-22(12-10-20)21(2)18-23(32)19-24(28(3,4)5)26(33)31-13-7-8-25(31)27(34)30-16-14-29(6)15-17-30/h9-12,18,24-25H,7-8,13-17,19H2,1-6H3/b21-18+/t24-,25?/m1/s1. The summed E-state index contributed by atoms with van der Waals surface area (Å²) in [5.74, 6) is -0.518. The van der Waals surface area contributed by atoms with Crippen LogP contribution in [0.5, 0.6) is 0 Å². The van der Waals surface area contributed by atoms with Gasteiger partial charge in [-0.25, -0.2) is 0 Å². The average molecular weight is 468 g/mol. The maximum atomic E-state index is 13.7. The quantitative estimate of drug-likeness (QED) is 0.598. The zero-order valence-electron chi connectivity index (χ0n) is 21.8. The molecule has 1 unspecified atom stereocenters. The second kappa shape index (κ2) is 10.9. The summed E-state index contributed by atoms with van der Waals surface area (Å²) in [4.78, 5) is 45.9. The molecular formula is C28H41N3O3. The van der Waals surface area contributed by atoms with Crippen LogP contribution in [0, 0.1) is 18.3 Å². The lowest BCUT2D eigenvalue weighted by Gasteiger charge is -2.38. The minimum absolute atomic E-state index is 0.0486. The van der Waals surface area contributed by atoms with E-state index in [-0.39, 0.29) is 29.4 Å². The Labute approximate surface area is 205 Å². The highest BCUT2D eigenvalue weighted by atomic mass is 16.2. The number of likely N-dealkylation sites (tertiary alicyclic amines) is 1. The van der Waals surface area contributed by atoms with Crippen LogP contribution in [0.15, 0.2) is 30.3 Å². The Morgan fingerprint density at radius 2 is 1.65 bits per heavy atom. The van der Waals surface area contributed by atoms with Crippen molar-refractivity contribution in [3.05, 3.63) is 41.5 Å². The lowest BCUT2D eigenvalue weighted by atomic mass is 9.76. The number of carbonyl (C=O) groups excluding carboxylic acids is 3. The van der Waals surface area contributed by atoms with E-state index in [2.05, 4.69) is 11.9 Å². The molecule has 186 valence electrons. The molecule has 0 spiro atoms. The second-order valence-corrected chi connectivity index (χ2v) is 11.1. The van der Waals surface area contributed by atoms with Gasteiger partial charge in [-0.2, -0.15) is 0 Å². The molecule has 0 N–H and O–H groups in total. The highest BCUT2D eigenvalue weighted by Gasteiger charge is 2.42. The Kier molecular flexibility index (Phi) is 8.34. The van der Waals surface area contributed by atoms with E-state index >= 15 is 0 Å². The number of aryl methyl sites for hydroxylation is 1. The van der Waals surface area contributed by atoms with Crippen LogP contribution < -0.4 is 0 Å². The van der Waals surface area contributed by atoms with Crippen LogP contribution in [-0.4, -0.2) is 78.1 Å². The SMILES string of the molecule is C/C(=C\C(=O)C[C@H](C(=O)N1CCCC1C(=O)N1CCN(C)CC1)C(C)(C)C)c1ccc(C)cc1. The van der Waals surface area contributed by atoms with Crippen molar-refractivity contribution >= 4 is 23.2 Å². The molecule has 2 amide bonds. The number of carbonyl (C=O) groups is 3. The Bertz CT molecular complexity index is 921. The number of ketones is 1. The predicted molar refractivity (Wildman–Crippen MR) is 136 cm³/mol. The molecule has 2 aliphatic rings. The molecule has 6 nitrogen and oxygen atoms in total. The normalized spacial score (nSPS) is 21.0. The summed E-state index contributed by atoms with van der Waals surface area (Å²) >= 11 is 0. The van der Waals surface area contributed by atoms with E-state index in [9.17, 15) is 14.4 Å². The molecule has 3 rings (SSSR count). The molecule has 2 aliphatic heterocycles. The summed E-state index contributed by atoms with van der Waals surface area (Å²) in [7, 11) is 2.06. The predicted octanol–water partition coefficient (Wildman–Crippen LogP) is 3.78. The molecule has 2 saturated heterocycles. The van der Waals surface area contributed by atoms with Gasteiger partial charge in [-0.3, -0.25) is 14.4 Å². The van der Waals surface area contributed by atoms with Gasteiger partial charge in [0.25, 0.3) is 0 Å². The molecular weight excluding hydrogens is 426 g/mol. The van der Waals surface area contributed by atoms with Gasteiger partial charge in [0, 0.05) is 39.1 Å². The summed E-state index contributed by atoms with van der Waals surface area (Å²) in [6, 6.07) is 7.69. The number of benzene rings is 1. The third-order valence-electron chi connectivity index (χ3n) is 7.27. The van der Waals surface area contributed by atoms with Gasteiger partial charge in [0.2, 0.25) is 11.8 Å². The third kappa shape index (κ3) is 6.35. The fourth-order valence-electron chi connectivity index (χ4n) is 4.89. The fourth-order valence-corrected chi connectivity index (χ4v) is 4.89. The maximum absolute atomic E-state index is 13.7. The van der Waals surface area contributed by atoms with E-state index in [1.165, 1.54) is 5.56 Å². The van der Waals surface area contributed by atoms with Crippen molar-refractivity contribution in [2.75, 3.05) is 39.8 Å². The first-order valence-corrected chi connectivity index (χ1v) is 12.5. The number of hydrogen-bond donors (Lipinski definition) is 0. The third-order valence-corrected chi connectivity index (χ3v) is 7.27. The Morgan fingerprint density at radius 1 is 1.03 bits per heavy atom. The van der Waals surface area contributed by atoms with Crippen LogP contribution in [0.4, 0.5) is 0 Å². The number of rotatable bonds is 6. The minimum atomic E-state index is -0.469. The van der Waals surface area contributed by atoms with Crippen LogP contribution in [-0.2, 0) is 14.4 Å². The van der Waals surface area contributed by atoms with Crippen molar-refractivity contribution in [2.45, 2.75) is 59.9 Å². The second-order valence-electron chi connectivity index (χ2n) is 11.1. The number of piperazine rings is 1. The van der Waals surface area contributed by atoms with E-state index < -0.39 is 12.0 Å². The van der Waals surface area contributed by atoms with Gasteiger partial charge in [0.05, 0.1) is 5.92 Å². The van der Waals surface area contributed by atoms with E-state index in [1.54, 1.807) is 11.0 Å². The monoisotopic (exact) mass is 467 g/mol.